The summed E-state index contributed by atoms with van der Waals surface area (Å²) < 4.78 is 22.8. The van der Waals surface area contributed by atoms with Crippen molar-refractivity contribution in [2.45, 2.75) is 25.2 Å². The van der Waals surface area contributed by atoms with Gasteiger partial charge in [-0.05, 0) is 36.1 Å². The van der Waals surface area contributed by atoms with Crippen LogP contribution < -0.4 is 0 Å². The summed E-state index contributed by atoms with van der Waals surface area (Å²) >= 11 is 0. The standard InChI is InChI=1S/C12H16O4S/c1-8(2)6-9-7-10(17(3,15)16)4-5-11(9)12(13)14/h4-5,7-8H,6H2,1-3H3,(H,13,14). The Hall–Kier alpha value is -1.36. The monoisotopic (exact) mass is 256 g/mol. The third-order valence-electron chi connectivity index (χ3n) is 2.36. The van der Waals surface area contributed by atoms with Crippen LogP contribution in [0.3, 0.4) is 0 Å². The fourth-order valence-corrected chi connectivity index (χ4v) is 2.29. The third kappa shape index (κ3) is 3.56. The molecule has 4 nitrogen and oxygen atoms in total. The van der Waals surface area contributed by atoms with Gasteiger partial charge in [-0.15, -0.1) is 0 Å². The minimum atomic E-state index is -3.30. The van der Waals surface area contributed by atoms with E-state index in [0.29, 0.717) is 12.0 Å². The second kappa shape index (κ2) is 4.87. The minimum Gasteiger partial charge on any atom is -0.478 e. The van der Waals surface area contributed by atoms with Crippen molar-refractivity contribution >= 4 is 15.8 Å². The highest BCUT2D eigenvalue weighted by atomic mass is 32.2. The zero-order valence-electron chi connectivity index (χ0n) is 10.1. The lowest BCUT2D eigenvalue weighted by molar-refractivity contribution is 0.0695. The van der Waals surface area contributed by atoms with Crippen molar-refractivity contribution in [3.63, 3.8) is 0 Å². The second-order valence-corrected chi connectivity index (χ2v) is 6.51. The van der Waals surface area contributed by atoms with Crippen LogP contribution in [0.1, 0.15) is 29.8 Å². The summed E-state index contributed by atoms with van der Waals surface area (Å²) in [5.74, 6) is -0.761. The Kier molecular flexibility index (Phi) is 3.93. The van der Waals surface area contributed by atoms with Gasteiger partial charge in [0.1, 0.15) is 0 Å². The van der Waals surface area contributed by atoms with Gasteiger partial charge >= 0.3 is 5.97 Å². The number of aromatic carboxylic acids is 1. The molecule has 0 saturated heterocycles. The fraction of sp³-hybridized carbons (Fsp3) is 0.417. The molecular weight excluding hydrogens is 240 g/mol. The Morgan fingerprint density at radius 1 is 1.35 bits per heavy atom. The Morgan fingerprint density at radius 3 is 2.35 bits per heavy atom. The smallest absolute Gasteiger partial charge is 0.335 e. The van der Waals surface area contributed by atoms with Crippen molar-refractivity contribution in [1.82, 2.24) is 0 Å². The first-order valence-corrected chi connectivity index (χ1v) is 7.17. The molecule has 0 amide bonds. The Balaban J connectivity index is 3.34. The van der Waals surface area contributed by atoms with E-state index in [1.165, 1.54) is 18.2 Å². The number of hydrogen-bond acceptors (Lipinski definition) is 3. The summed E-state index contributed by atoms with van der Waals surface area (Å²) in [6.45, 7) is 3.91. The van der Waals surface area contributed by atoms with Crippen molar-refractivity contribution < 1.29 is 18.3 Å². The predicted molar refractivity (Wildman–Crippen MR) is 65.1 cm³/mol. The van der Waals surface area contributed by atoms with Gasteiger partial charge in [-0.1, -0.05) is 13.8 Å². The third-order valence-corrected chi connectivity index (χ3v) is 3.47. The lowest BCUT2D eigenvalue weighted by Crippen LogP contribution is -2.08. The van der Waals surface area contributed by atoms with Crippen molar-refractivity contribution in [3.05, 3.63) is 29.3 Å². The highest BCUT2D eigenvalue weighted by molar-refractivity contribution is 7.90. The predicted octanol–water partition coefficient (Wildman–Crippen LogP) is 1.99. The molecule has 0 atom stereocenters. The van der Waals surface area contributed by atoms with Crippen LogP contribution in [-0.4, -0.2) is 25.7 Å². The molecule has 0 aliphatic carbocycles. The van der Waals surface area contributed by atoms with E-state index in [9.17, 15) is 13.2 Å². The zero-order valence-corrected chi connectivity index (χ0v) is 10.9. The first-order valence-electron chi connectivity index (χ1n) is 5.28. The molecule has 1 N–H and O–H groups in total. The molecule has 0 fully saturated rings. The molecule has 1 aromatic carbocycles. The maximum absolute atomic E-state index is 11.4. The maximum atomic E-state index is 11.4. The van der Waals surface area contributed by atoms with Crippen LogP contribution in [0.2, 0.25) is 0 Å². The molecule has 17 heavy (non-hydrogen) atoms. The van der Waals surface area contributed by atoms with Crippen molar-refractivity contribution in [1.29, 1.82) is 0 Å². The van der Waals surface area contributed by atoms with Crippen molar-refractivity contribution in [2.24, 2.45) is 5.92 Å². The molecule has 0 unspecified atom stereocenters. The van der Waals surface area contributed by atoms with Crippen LogP contribution in [0.4, 0.5) is 0 Å². The Bertz CT molecular complexity index is 529. The van der Waals surface area contributed by atoms with Gasteiger partial charge in [-0.25, -0.2) is 13.2 Å². The molecule has 0 saturated carbocycles. The van der Waals surface area contributed by atoms with Gasteiger partial charge in [0.15, 0.2) is 9.84 Å². The lowest BCUT2D eigenvalue weighted by Gasteiger charge is -2.10. The van der Waals surface area contributed by atoms with Gasteiger partial charge in [0.05, 0.1) is 10.5 Å². The highest BCUT2D eigenvalue weighted by Gasteiger charge is 2.15. The number of carboxylic acid groups (broad SMARTS) is 1. The van der Waals surface area contributed by atoms with E-state index in [0.717, 1.165) is 6.26 Å². The van der Waals surface area contributed by atoms with Crippen LogP contribution in [-0.2, 0) is 16.3 Å². The molecule has 0 heterocycles. The number of carboxylic acids is 1. The van der Waals surface area contributed by atoms with Crippen LogP contribution in [0.5, 0.6) is 0 Å². The van der Waals surface area contributed by atoms with Gasteiger partial charge in [0, 0.05) is 6.26 Å². The average molecular weight is 256 g/mol. The topological polar surface area (TPSA) is 71.4 Å². The molecular formula is C12H16O4S. The average Bonchev–Trinajstić information content (AvgIpc) is 2.14. The van der Waals surface area contributed by atoms with Crippen LogP contribution >= 0.6 is 0 Å². The summed E-state index contributed by atoms with van der Waals surface area (Å²) in [5.41, 5.74) is 0.738. The first kappa shape index (κ1) is 13.7. The van der Waals surface area contributed by atoms with Crippen LogP contribution in [0, 0.1) is 5.92 Å². The van der Waals surface area contributed by atoms with Gasteiger partial charge in [-0.2, -0.15) is 0 Å². The Morgan fingerprint density at radius 2 is 1.94 bits per heavy atom. The molecule has 0 aliphatic rings. The van der Waals surface area contributed by atoms with Crippen molar-refractivity contribution in [2.75, 3.05) is 6.26 Å². The van der Waals surface area contributed by atoms with Gasteiger partial charge in [-0.3, -0.25) is 0 Å². The quantitative estimate of drug-likeness (QED) is 0.894. The van der Waals surface area contributed by atoms with Crippen molar-refractivity contribution in [3.8, 4) is 0 Å². The lowest BCUT2D eigenvalue weighted by atomic mass is 9.98. The first-order chi connectivity index (χ1) is 7.71. The summed E-state index contributed by atoms with van der Waals surface area (Å²) in [6.07, 6.45) is 1.66. The summed E-state index contributed by atoms with van der Waals surface area (Å²) in [7, 11) is -3.30. The summed E-state index contributed by atoms with van der Waals surface area (Å²) in [6, 6.07) is 4.15. The number of sulfone groups is 1. The number of benzene rings is 1. The Labute approximate surface area is 101 Å². The molecule has 0 aliphatic heterocycles. The molecule has 0 radical (unpaired) electrons. The van der Waals surface area contributed by atoms with E-state index < -0.39 is 15.8 Å². The minimum absolute atomic E-state index is 0.165. The van der Waals surface area contributed by atoms with Gasteiger partial charge in [0.25, 0.3) is 0 Å². The van der Waals surface area contributed by atoms with Crippen LogP contribution in [0.15, 0.2) is 23.1 Å². The molecule has 1 aromatic rings. The second-order valence-electron chi connectivity index (χ2n) is 4.49. The molecule has 1 rings (SSSR count). The molecule has 5 heteroatoms. The zero-order chi connectivity index (χ0) is 13.2. The normalized spacial score (nSPS) is 11.8. The molecule has 0 aromatic heterocycles. The van der Waals surface area contributed by atoms with E-state index in [2.05, 4.69) is 0 Å². The largest absolute Gasteiger partial charge is 0.478 e. The van der Waals surface area contributed by atoms with Gasteiger partial charge in [0.2, 0.25) is 0 Å². The van der Waals surface area contributed by atoms with E-state index >= 15 is 0 Å². The van der Waals surface area contributed by atoms with Gasteiger partial charge < -0.3 is 5.11 Å². The number of carbonyl (C=O) groups is 1. The van der Waals surface area contributed by atoms with E-state index in [4.69, 9.17) is 5.11 Å². The van der Waals surface area contributed by atoms with E-state index in [1.54, 1.807) is 0 Å². The van der Waals surface area contributed by atoms with E-state index in [1.807, 2.05) is 13.8 Å². The summed E-state index contributed by atoms with van der Waals surface area (Å²) in [4.78, 5) is 11.2. The molecule has 0 spiro atoms. The van der Waals surface area contributed by atoms with Crippen LogP contribution in [0.25, 0.3) is 0 Å². The summed E-state index contributed by atoms with van der Waals surface area (Å²) in [5, 5.41) is 9.02. The number of rotatable bonds is 4. The molecule has 94 valence electrons. The highest BCUT2D eigenvalue weighted by Crippen LogP contribution is 2.19. The SMILES string of the molecule is CC(C)Cc1cc(S(C)(=O)=O)ccc1C(=O)O. The number of hydrogen-bond donors (Lipinski definition) is 1. The van der Waals surface area contributed by atoms with E-state index in [-0.39, 0.29) is 16.4 Å². The molecule has 0 bridgehead atoms. The fourth-order valence-electron chi connectivity index (χ4n) is 1.62. The maximum Gasteiger partial charge on any atom is 0.335 e.